The van der Waals surface area contributed by atoms with Crippen molar-refractivity contribution in [3.63, 3.8) is 0 Å². The number of nitrogens with zero attached hydrogens (tertiary/aromatic N) is 2. The van der Waals surface area contributed by atoms with Gasteiger partial charge in [-0.05, 0) is 55.3 Å². The second-order valence-corrected chi connectivity index (χ2v) is 6.97. The first-order valence-corrected chi connectivity index (χ1v) is 9.57. The van der Waals surface area contributed by atoms with Gasteiger partial charge in [0.1, 0.15) is 17.1 Å². The number of fused-ring (bicyclic) bond motifs is 1. The van der Waals surface area contributed by atoms with E-state index >= 15 is 0 Å². The van der Waals surface area contributed by atoms with Gasteiger partial charge in [0.25, 0.3) is 5.91 Å². The molecule has 1 saturated heterocycles. The van der Waals surface area contributed by atoms with Gasteiger partial charge in [-0.3, -0.25) is 9.59 Å². The number of aromatic nitrogens is 1. The van der Waals surface area contributed by atoms with Crippen molar-refractivity contribution in [2.45, 2.75) is 12.8 Å². The molecule has 1 aliphatic rings. The summed E-state index contributed by atoms with van der Waals surface area (Å²) < 4.78 is 5.77. The van der Waals surface area contributed by atoms with Crippen molar-refractivity contribution in [3.05, 3.63) is 60.2 Å². The van der Waals surface area contributed by atoms with Crippen LogP contribution in [0.3, 0.4) is 0 Å². The highest BCUT2D eigenvalue weighted by Gasteiger charge is 2.15. The number of anilines is 2. The van der Waals surface area contributed by atoms with Crippen LogP contribution in [-0.2, 0) is 4.79 Å². The van der Waals surface area contributed by atoms with Crippen molar-refractivity contribution in [1.82, 2.24) is 4.98 Å². The topological polar surface area (TPSA) is 97.5 Å². The number of hydrogen-bond donors (Lipinski definition) is 2. The Bertz CT molecular complexity index is 1040. The Kier molecular flexibility index (Phi) is 5.29. The summed E-state index contributed by atoms with van der Waals surface area (Å²) in [4.78, 5) is 30.4. The first kappa shape index (κ1) is 18.7. The quantitative estimate of drug-likeness (QED) is 0.674. The van der Waals surface area contributed by atoms with Gasteiger partial charge in [-0.1, -0.05) is 12.1 Å². The number of hydrogen-bond acceptors (Lipinski definition) is 5. The predicted octanol–water partition coefficient (Wildman–Crippen LogP) is 2.95. The molecule has 1 aromatic heterocycles. The Morgan fingerprint density at radius 2 is 1.79 bits per heavy atom. The molecule has 7 nitrogen and oxygen atoms in total. The van der Waals surface area contributed by atoms with Gasteiger partial charge >= 0.3 is 0 Å². The average molecular weight is 390 g/mol. The summed E-state index contributed by atoms with van der Waals surface area (Å²) in [7, 11) is 0. The Hall–Kier alpha value is -3.61. The van der Waals surface area contributed by atoms with Crippen molar-refractivity contribution in [3.8, 4) is 5.75 Å². The van der Waals surface area contributed by atoms with Crippen molar-refractivity contribution < 1.29 is 14.3 Å². The van der Waals surface area contributed by atoms with Gasteiger partial charge in [0.05, 0.1) is 0 Å². The summed E-state index contributed by atoms with van der Waals surface area (Å²) in [6.07, 6.45) is 2.36. The van der Waals surface area contributed by atoms with Crippen LogP contribution in [0.4, 0.5) is 11.5 Å². The molecule has 0 spiro atoms. The van der Waals surface area contributed by atoms with E-state index < -0.39 is 5.91 Å². The van der Waals surface area contributed by atoms with Gasteiger partial charge in [0, 0.05) is 29.7 Å². The fourth-order valence-corrected chi connectivity index (χ4v) is 3.41. The van der Waals surface area contributed by atoms with E-state index in [1.165, 1.54) is 12.8 Å². The third kappa shape index (κ3) is 4.29. The molecule has 7 heteroatoms. The Labute approximate surface area is 168 Å². The molecule has 4 rings (SSSR count). The van der Waals surface area contributed by atoms with Gasteiger partial charge in [-0.2, -0.15) is 0 Å². The lowest BCUT2D eigenvalue weighted by molar-refractivity contribution is -0.118. The number of carbonyl (C=O) groups is 2. The van der Waals surface area contributed by atoms with Crippen molar-refractivity contribution in [2.75, 3.05) is 29.9 Å². The largest absolute Gasteiger partial charge is 0.481 e. The van der Waals surface area contributed by atoms with Crippen LogP contribution in [0.25, 0.3) is 10.9 Å². The molecule has 3 aromatic rings. The lowest BCUT2D eigenvalue weighted by Gasteiger charge is -2.17. The van der Waals surface area contributed by atoms with E-state index in [2.05, 4.69) is 10.2 Å². The number of amides is 2. The van der Waals surface area contributed by atoms with Gasteiger partial charge < -0.3 is 20.7 Å². The highest BCUT2D eigenvalue weighted by molar-refractivity contribution is 5.95. The molecule has 0 atom stereocenters. The van der Waals surface area contributed by atoms with Crippen molar-refractivity contribution in [1.29, 1.82) is 0 Å². The molecule has 0 saturated carbocycles. The summed E-state index contributed by atoms with van der Waals surface area (Å²) in [5.74, 6) is 0.695. The van der Waals surface area contributed by atoms with E-state index in [0.717, 1.165) is 29.8 Å². The van der Waals surface area contributed by atoms with Crippen LogP contribution in [0.5, 0.6) is 5.75 Å². The molecule has 148 valence electrons. The van der Waals surface area contributed by atoms with Crippen molar-refractivity contribution in [2.24, 2.45) is 5.73 Å². The SMILES string of the molecule is NC(=O)c1ccc(NC(=O)COc2cccc3ccc(N4CCCC4)nc23)cc1. The molecule has 1 aliphatic heterocycles. The zero-order valence-electron chi connectivity index (χ0n) is 15.9. The molecule has 3 N–H and O–H groups in total. The van der Waals surface area contributed by atoms with Gasteiger partial charge in [-0.25, -0.2) is 4.98 Å². The van der Waals surface area contributed by atoms with Crippen LogP contribution in [0.1, 0.15) is 23.2 Å². The third-order valence-electron chi connectivity index (χ3n) is 4.91. The monoisotopic (exact) mass is 390 g/mol. The number of primary amides is 1. The van der Waals surface area contributed by atoms with Crippen LogP contribution in [0.15, 0.2) is 54.6 Å². The van der Waals surface area contributed by atoms with Crippen LogP contribution in [-0.4, -0.2) is 36.5 Å². The molecular weight excluding hydrogens is 368 g/mol. The molecule has 0 bridgehead atoms. The van der Waals surface area contributed by atoms with Gasteiger partial charge in [0.2, 0.25) is 5.91 Å². The highest BCUT2D eigenvalue weighted by atomic mass is 16.5. The molecule has 0 radical (unpaired) electrons. The van der Waals surface area contributed by atoms with Crippen LogP contribution in [0, 0.1) is 0 Å². The summed E-state index contributed by atoms with van der Waals surface area (Å²) in [5, 5.41) is 3.70. The number of para-hydroxylation sites is 1. The second-order valence-electron chi connectivity index (χ2n) is 6.97. The standard InChI is InChI=1S/C22H22N4O3/c23-22(28)16-6-9-17(10-7-16)24-20(27)14-29-18-5-3-4-15-8-11-19(25-21(15)18)26-12-1-2-13-26/h3-11H,1-2,12-14H2,(H2,23,28)(H,24,27). The highest BCUT2D eigenvalue weighted by Crippen LogP contribution is 2.27. The maximum atomic E-state index is 12.3. The molecule has 0 unspecified atom stereocenters. The van der Waals surface area contributed by atoms with E-state index in [0.29, 0.717) is 17.0 Å². The predicted molar refractivity (Wildman–Crippen MR) is 112 cm³/mol. The Morgan fingerprint density at radius 1 is 1.03 bits per heavy atom. The number of carbonyl (C=O) groups excluding carboxylic acids is 2. The van der Waals surface area contributed by atoms with Crippen molar-refractivity contribution >= 4 is 34.2 Å². The molecule has 2 aromatic carbocycles. The van der Waals surface area contributed by atoms with Gasteiger partial charge in [0.15, 0.2) is 6.61 Å². The third-order valence-corrected chi connectivity index (χ3v) is 4.91. The molecule has 29 heavy (non-hydrogen) atoms. The zero-order valence-corrected chi connectivity index (χ0v) is 15.9. The summed E-state index contributed by atoms with van der Waals surface area (Å²) in [5.41, 5.74) is 6.91. The summed E-state index contributed by atoms with van der Waals surface area (Å²) >= 11 is 0. The van der Waals surface area contributed by atoms with E-state index in [4.69, 9.17) is 15.5 Å². The summed E-state index contributed by atoms with van der Waals surface area (Å²) in [6.45, 7) is 1.88. The number of nitrogens with two attached hydrogens (primary N) is 1. The minimum Gasteiger partial charge on any atom is -0.481 e. The molecule has 0 aliphatic carbocycles. The van der Waals surface area contributed by atoms with Gasteiger partial charge in [-0.15, -0.1) is 0 Å². The lowest BCUT2D eigenvalue weighted by Crippen LogP contribution is -2.21. The number of pyridine rings is 1. The van der Waals surface area contributed by atoms with Crippen LogP contribution < -0.4 is 20.7 Å². The van der Waals surface area contributed by atoms with E-state index in [1.54, 1.807) is 24.3 Å². The Morgan fingerprint density at radius 3 is 2.52 bits per heavy atom. The second kappa shape index (κ2) is 8.18. The number of nitrogens with one attached hydrogen (secondary N) is 1. The first-order valence-electron chi connectivity index (χ1n) is 9.57. The maximum Gasteiger partial charge on any atom is 0.262 e. The average Bonchev–Trinajstić information content (AvgIpc) is 3.27. The molecule has 2 amide bonds. The minimum atomic E-state index is -0.511. The van der Waals surface area contributed by atoms with E-state index in [1.807, 2.05) is 30.3 Å². The number of benzene rings is 2. The number of ether oxygens (including phenoxy) is 1. The normalized spacial score (nSPS) is 13.4. The fourth-order valence-electron chi connectivity index (χ4n) is 3.41. The van der Waals surface area contributed by atoms with Crippen LogP contribution in [0.2, 0.25) is 0 Å². The molecule has 1 fully saturated rings. The maximum absolute atomic E-state index is 12.3. The minimum absolute atomic E-state index is 0.147. The summed E-state index contributed by atoms with van der Waals surface area (Å²) in [6, 6.07) is 16.1. The lowest BCUT2D eigenvalue weighted by atomic mass is 10.2. The number of rotatable bonds is 6. The smallest absolute Gasteiger partial charge is 0.262 e. The van der Waals surface area contributed by atoms with E-state index in [9.17, 15) is 9.59 Å². The fraction of sp³-hybridized carbons (Fsp3) is 0.227. The first-order chi connectivity index (χ1) is 14.1. The Balaban J connectivity index is 1.45. The van der Waals surface area contributed by atoms with E-state index in [-0.39, 0.29) is 12.5 Å². The molecular formula is C22H22N4O3. The van der Waals surface area contributed by atoms with Crippen LogP contribution >= 0.6 is 0 Å². The molecule has 2 heterocycles. The zero-order chi connectivity index (χ0) is 20.2.